The molecule has 1 aromatic heterocycles. The second kappa shape index (κ2) is 9.53. The van der Waals surface area contributed by atoms with Gasteiger partial charge >= 0.3 is 0 Å². The van der Waals surface area contributed by atoms with E-state index in [9.17, 15) is 4.79 Å². The van der Waals surface area contributed by atoms with E-state index in [4.69, 9.17) is 4.74 Å². The number of nitrogens with zero attached hydrogens (tertiary/aromatic N) is 2. The molecule has 2 aromatic rings. The molecule has 0 saturated heterocycles. The molecule has 6 heteroatoms. The van der Waals surface area contributed by atoms with Crippen LogP contribution in [0, 0.1) is 6.92 Å². The number of thiazole rings is 1. The van der Waals surface area contributed by atoms with Crippen LogP contribution in [0.2, 0.25) is 0 Å². The first-order chi connectivity index (χ1) is 12.1. The molecule has 0 atom stereocenters. The molecule has 25 heavy (non-hydrogen) atoms. The van der Waals surface area contributed by atoms with E-state index in [0.717, 1.165) is 41.6 Å². The van der Waals surface area contributed by atoms with Crippen LogP contribution in [0.4, 0.5) is 0 Å². The van der Waals surface area contributed by atoms with Crippen molar-refractivity contribution in [1.82, 2.24) is 15.2 Å². The van der Waals surface area contributed by atoms with Gasteiger partial charge in [0, 0.05) is 18.7 Å². The standard InChI is InChI=1S/C19H27N3O2S/c1-5-22(6-2)13-12-20-18(23)17-14(4)21-19(25-17)15-8-10-16(11-9-15)24-7-3/h8-11H,5-7,12-13H2,1-4H3,(H,20,23). The molecular formula is C19H27N3O2S. The van der Waals surface area contributed by atoms with Crippen molar-refractivity contribution in [2.45, 2.75) is 27.7 Å². The molecule has 136 valence electrons. The van der Waals surface area contributed by atoms with Crippen LogP contribution < -0.4 is 10.1 Å². The van der Waals surface area contributed by atoms with E-state index < -0.39 is 0 Å². The van der Waals surface area contributed by atoms with Crippen LogP contribution in [-0.2, 0) is 0 Å². The number of ether oxygens (including phenoxy) is 1. The van der Waals surface area contributed by atoms with Crippen LogP contribution in [0.25, 0.3) is 10.6 Å². The molecule has 1 heterocycles. The number of carbonyl (C=O) groups is 1. The Bertz CT molecular complexity index is 678. The number of likely N-dealkylation sites (N-methyl/N-ethyl adjacent to an activating group) is 1. The summed E-state index contributed by atoms with van der Waals surface area (Å²) in [6.45, 7) is 12.2. The number of hydrogen-bond acceptors (Lipinski definition) is 5. The minimum Gasteiger partial charge on any atom is -0.494 e. The quantitative estimate of drug-likeness (QED) is 0.742. The fourth-order valence-corrected chi connectivity index (χ4v) is 3.53. The number of rotatable bonds is 9. The molecule has 0 fully saturated rings. The van der Waals surface area contributed by atoms with E-state index >= 15 is 0 Å². The Hall–Kier alpha value is -1.92. The van der Waals surface area contributed by atoms with E-state index in [2.05, 4.69) is 29.0 Å². The molecule has 1 aromatic carbocycles. The van der Waals surface area contributed by atoms with Crippen molar-refractivity contribution in [2.24, 2.45) is 0 Å². The molecule has 5 nitrogen and oxygen atoms in total. The summed E-state index contributed by atoms with van der Waals surface area (Å²) >= 11 is 1.43. The zero-order valence-corrected chi connectivity index (χ0v) is 16.3. The highest BCUT2D eigenvalue weighted by Crippen LogP contribution is 2.29. The fraction of sp³-hybridized carbons (Fsp3) is 0.474. The minimum absolute atomic E-state index is 0.0423. The van der Waals surface area contributed by atoms with E-state index in [-0.39, 0.29) is 5.91 Å². The van der Waals surface area contributed by atoms with Crippen LogP contribution in [0.3, 0.4) is 0 Å². The van der Waals surface area contributed by atoms with Crippen molar-refractivity contribution in [3.8, 4) is 16.3 Å². The van der Waals surface area contributed by atoms with Gasteiger partial charge in [-0.05, 0) is 51.2 Å². The Labute approximate surface area is 154 Å². The van der Waals surface area contributed by atoms with Crippen LogP contribution in [0.5, 0.6) is 5.75 Å². The lowest BCUT2D eigenvalue weighted by atomic mass is 10.2. The van der Waals surface area contributed by atoms with Gasteiger partial charge in [0.15, 0.2) is 0 Å². The van der Waals surface area contributed by atoms with Gasteiger partial charge in [-0.15, -0.1) is 11.3 Å². The summed E-state index contributed by atoms with van der Waals surface area (Å²) in [5.74, 6) is 0.799. The number of aryl methyl sites for hydroxylation is 1. The SMILES string of the molecule is CCOc1ccc(-c2nc(C)c(C(=O)NCCN(CC)CC)s2)cc1. The largest absolute Gasteiger partial charge is 0.494 e. The Morgan fingerprint density at radius 1 is 1.20 bits per heavy atom. The Balaban J connectivity index is 2.02. The number of amides is 1. The van der Waals surface area contributed by atoms with Gasteiger partial charge in [-0.25, -0.2) is 4.98 Å². The highest BCUT2D eigenvalue weighted by atomic mass is 32.1. The maximum atomic E-state index is 12.4. The Kier molecular flexibility index (Phi) is 7.40. The van der Waals surface area contributed by atoms with Crippen LogP contribution >= 0.6 is 11.3 Å². The zero-order valence-electron chi connectivity index (χ0n) is 15.5. The molecule has 0 radical (unpaired) electrons. The summed E-state index contributed by atoms with van der Waals surface area (Å²) < 4.78 is 5.46. The second-order valence-electron chi connectivity index (χ2n) is 5.67. The minimum atomic E-state index is -0.0423. The number of aromatic nitrogens is 1. The van der Waals surface area contributed by atoms with Gasteiger partial charge in [-0.2, -0.15) is 0 Å². The summed E-state index contributed by atoms with van der Waals surface area (Å²) in [7, 11) is 0. The van der Waals surface area contributed by atoms with Crippen molar-refractivity contribution in [3.05, 3.63) is 34.8 Å². The molecule has 0 bridgehead atoms. The number of benzene rings is 1. The van der Waals surface area contributed by atoms with E-state index in [0.29, 0.717) is 18.0 Å². The third-order valence-electron chi connectivity index (χ3n) is 4.02. The average molecular weight is 362 g/mol. The molecule has 0 saturated carbocycles. The second-order valence-corrected chi connectivity index (χ2v) is 6.67. The smallest absolute Gasteiger partial charge is 0.263 e. The van der Waals surface area contributed by atoms with Crippen molar-refractivity contribution in [3.63, 3.8) is 0 Å². The summed E-state index contributed by atoms with van der Waals surface area (Å²) in [4.78, 5) is 20.0. The van der Waals surface area contributed by atoms with E-state index in [1.807, 2.05) is 38.1 Å². The lowest BCUT2D eigenvalue weighted by Gasteiger charge is -2.17. The molecule has 0 aliphatic heterocycles. The monoisotopic (exact) mass is 361 g/mol. The molecule has 2 rings (SSSR count). The first-order valence-electron chi connectivity index (χ1n) is 8.80. The molecule has 0 aliphatic carbocycles. The normalized spacial score (nSPS) is 10.9. The first kappa shape index (κ1) is 19.4. The molecule has 0 spiro atoms. The van der Waals surface area contributed by atoms with Crippen LogP contribution in [-0.4, -0.2) is 48.6 Å². The summed E-state index contributed by atoms with van der Waals surface area (Å²) in [5.41, 5.74) is 1.77. The van der Waals surface area contributed by atoms with E-state index in [1.54, 1.807) is 0 Å². The van der Waals surface area contributed by atoms with Crippen LogP contribution in [0.1, 0.15) is 36.1 Å². The van der Waals surface area contributed by atoms with Gasteiger partial charge in [0.05, 0.1) is 12.3 Å². The lowest BCUT2D eigenvalue weighted by Crippen LogP contribution is -2.34. The van der Waals surface area contributed by atoms with Gasteiger partial charge in [0.25, 0.3) is 5.91 Å². The Morgan fingerprint density at radius 3 is 2.48 bits per heavy atom. The highest BCUT2D eigenvalue weighted by molar-refractivity contribution is 7.17. The number of carbonyl (C=O) groups excluding carboxylic acids is 1. The lowest BCUT2D eigenvalue weighted by molar-refractivity contribution is 0.0952. The summed E-state index contributed by atoms with van der Waals surface area (Å²) in [5, 5.41) is 3.86. The van der Waals surface area contributed by atoms with Gasteiger partial charge in [0.2, 0.25) is 0 Å². The molecule has 1 amide bonds. The molecule has 1 N–H and O–H groups in total. The highest BCUT2D eigenvalue weighted by Gasteiger charge is 2.16. The average Bonchev–Trinajstić information content (AvgIpc) is 3.01. The van der Waals surface area contributed by atoms with Gasteiger partial charge in [-0.3, -0.25) is 4.79 Å². The third kappa shape index (κ3) is 5.28. The molecule has 0 aliphatic rings. The predicted octanol–water partition coefficient (Wildman–Crippen LogP) is 3.59. The van der Waals surface area contributed by atoms with Crippen molar-refractivity contribution < 1.29 is 9.53 Å². The summed E-state index contributed by atoms with van der Waals surface area (Å²) in [6.07, 6.45) is 0. The predicted molar refractivity (Wildman–Crippen MR) is 104 cm³/mol. The van der Waals surface area contributed by atoms with Crippen molar-refractivity contribution in [1.29, 1.82) is 0 Å². The Morgan fingerprint density at radius 2 is 1.88 bits per heavy atom. The number of hydrogen-bond donors (Lipinski definition) is 1. The maximum Gasteiger partial charge on any atom is 0.263 e. The topological polar surface area (TPSA) is 54.5 Å². The van der Waals surface area contributed by atoms with Gasteiger partial charge < -0.3 is 15.0 Å². The van der Waals surface area contributed by atoms with Crippen molar-refractivity contribution in [2.75, 3.05) is 32.8 Å². The first-order valence-corrected chi connectivity index (χ1v) is 9.61. The summed E-state index contributed by atoms with van der Waals surface area (Å²) in [6, 6.07) is 7.81. The van der Waals surface area contributed by atoms with Crippen molar-refractivity contribution >= 4 is 17.2 Å². The van der Waals surface area contributed by atoms with Gasteiger partial charge in [-0.1, -0.05) is 13.8 Å². The van der Waals surface area contributed by atoms with Gasteiger partial charge in [0.1, 0.15) is 15.6 Å². The molecule has 0 unspecified atom stereocenters. The third-order valence-corrected chi connectivity index (χ3v) is 5.23. The van der Waals surface area contributed by atoms with E-state index in [1.165, 1.54) is 11.3 Å². The number of nitrogens with one attached hydrogen (secondary N) is 1. The fourth-order valence-electron chi connectivity index (χ4n) is 2.54. The molecular weight excluding hydrogens is 334 g/mol. The van der Waals surface area contributed by atoms with Crippen LogP contribution in [0.15, 0.2) is 24.3 Å². The zero-order chi connectivity index (χ0) is 18.2. The maximum absolute atomic E-state index is 12.4.